The molecule has 2 rings (SSSR count). The van der Waals surface area contributed by atoms with E-state index in [2.05, 4.69) is 5.32 Å². The number of rotatable bonds is 5. The van der Waals surface area contributed by atoms with Crippen molar-refractivity contribution in [3.05, 3.63) is 30.3 Å². The van der Waals surface area contributed by atoms with Crippen molar-refractivity contribution in [1.82, 2.24) is 5.32 Å². The van der Waals surface area contributed by atoms with Gasteiger partial charge in [-0.15, -0.1) is 0 Å². The van der Waals surface area contributed by atoms with E-state index in [1.54, 1.807) is 0 Å². The monoisotopic (exact) mass is 221 g/mol. The molecular weight excluding hydrogens is 202 g/mol. The molecule has 2 atom stereocenters. The van der Waals surface area contributed by atoms with Gasteiger partial charge in [-0.25, -0.2) is 0 Å². The molecule has 0 radical (unpaired) electrons. The van der Waals surface area contributed by atoms with Gasteiger partial charge in [0.2, 0.25) is 0 Å². The zero-order valence-corrected chi connectivity index (χ0v) is 9.43. The Morgan fingerprint density at radius 3 is 2.75 bits per heavy atom. The molecule has 1 aliphatic rings. The van der Waals surface area contributed by atoms with Crippen LogP contribution in [0.3, 0.4) is 0 Å². The Kier molecular flexibility index (Phi) is 4.19. The lowest BCUT2D eigenvalue weighted by atomic mass is 10.2. The summed E-state index contributed by atoms with van der Waals surface area (Å²) in [6.07, 6.45) is 2.96. The summed E-state index contributed by atoms with van der Waals surface area (Å²) in [4.78, 5) is 0. The number of aliphatic hydroxyl groups excluding tert-OH is 1. The van der Waals surface area contributed by atoms with Gasteiger partial charge in [-0.2, -0.15) is 0 Å². The molecule has 88 valence electrons. The summed E-state index contributed by atoms with van der Waals surface area (Å²) >= 11 is 0. The van der Waals surface area contributed by atoms with Crippen molar-refractivity contribution in [2.24, 2.45) is 0 Å². The van der Waals surface area contributed by atoms with Crippen molar-refractivity contribution >= 4 is 0 Å². The van der Waals surface area contributed by atoms with Crippen LogP contribution in [-0.4, -0.2) is 30.4 Å². The summed E-state index contributed by atoms with van der Waals surface area (Å²) in [5, 5.41) is 12.9. The van der Waals surface area contributed by atoms with Crippen LogP contribution < -0.4 is 10.1 Å². The molecule has 0 bridgehead atoms. The summed E-state index contributed by atoms with van der Waals surface area (Å²) in [7, 11) is 0. The second kappa shape index (κ2) is 5.87. The molecule has 1 aromatic carbocycles. The number of aliphatic hydroxyl groups is 1. The van der Waals surface area contributed by atoms with E-state index in [9.17, 15) is 5.11 Å². The molecule has 1 aliphatic carbocycles. The van der Waals surface area contributed by atoms with E-state index in [1.165, 1.54) is 0 Å². The first-order chi connectivity index (χ1) is 7.86. The molecule has 0 amide bonds. The molecule has 0 spiro atoms. The maximum absolute atomic E-state index is 9.60. The molecule has 3 heteroatoms. The Morgan fingerprint density at radius 1 is 1.25 bits per heavy atom. The van der Waals surface area contributed by atoms with Crippen molar-refractivity contribution in [3.8, 4) is 5.75 Å². The lowest BCUT2D eigenvalue weighted by molar-refractivity contribution is 0.146. The number of ether oxygens (including phenoxy) is 1. The molecule has 2 N–H and O–H groups in total. The van der Waals surface area contributed by atoms with Gasteiger partial charge in [0.25, 0.3) is 0 Å². The van der Waals surface area contributed by atoms with Gasteiger partial charge in [0.15, 0.2) is 0 Å². The van der Waals surface area contributed by atoms with Crippen LogP contribution in [0.15, 0.2) is 30.3 Å². The largest absolute Gasteiger partial charge is 0.492 e. The third-order valence-electron chi connectivity index (χ3n) is 3.00. The number of nitrogens with one attached hydrogen (secondary N) is 1. The first-order valence-corrected chi connectivity index (χ1v) is 5.95. The van der Waals surface area contributed by atoms with Crippen LogP contribution >= 0.6 is 0 Å². The van der Waals surface area contributed by atoms with E-state index >= 15 is 0 Å². The zero-order chi connectivity index (χ0) is 11.2. The molecule has 0 aromatic heterocycles. The average Bonchev–Trinajstić information content (AvgIpc) is 2.72. The molecule has 1 fully saturated rings. The van der Waals surface area contributed by atoms with Gasteiger partial charge < -0.3 is 15.2 Å². The van der Waals surface area contributed by atoms with Crippen LogP contribution in [0.2, 0.25) is 0 Å². The van der Waals surface area contributed by atoms with Crippen molar-refractivity contribution in [3.63, 3.8) is 0 Å². The number of para-hydroxylation sites is 1. The molecule has 1 saturated carbocycles. The van der Waals surface area contributed by atoms with Gasteiger partial charge in [-0.1, -0.05) is 18.2 Å². The number of hydrogen-bond acceptors (Lipinski definition) is 3. The van der Waals surface area contributed by atoms with Gasteiger partial charge >= 0.3 is 0 Å². The van der Waals surface area contributed by atoms with Crippen molar-refractivity contribution in [1.29, 1.82) is 0 Å². The van der Waals surface area contributed by atoms with Crippen LogP contribution in [0, 0.1) is 0 Å². The van der Waals surface area contributed by atoms with Crippen LogP contribution in [0.25, 0.3) is 0 Å². The highest BCUT2D eigenvalue weighted by Gasteiger charge is 2.23. The predicted octanol–water partition coefficient (Wildman–Crippen LogP) is 1.57. The molecule has 0 aliphatic heterocycles. The highest BCUT2D eigenvalue weighted by molar-refractivity contribution is 5.20. The first kappa shape index (κ1) is 11.4. The van der Waals surface area contributed by atoms with Gasteiger partial charge in [-0.3, -0.25) is 0 Å². The highest BCUT2D eigenvalue weighted by atomic mass is 16.5. The number of hydrogen-bond donors (Lipinski definition) is 2. The van der Waals surface area contributed by atoms with Crippen molar-refractivity contribution < 1.29 is 9.84 Å². The van der Waals surface area contributed by atoms with E-state index in [-0.39, 0.29) is 12.1 Å². The molecule has 1 aromatic rings. The normalized spacial score (nSPS) is 24.6. The summed E-state index contributed by atoms with van der Waals surface area (Å²) < 4.78 is 5.56. The van der Waals surface area contributed by atoms with Crippen molar-refractivity contribution in [2.45, 2.75) is 31.4 Å². The third kappa shape index (κ3) is 3.22. The molecule has 3 nitrogen and oxygen atoms in total. The minimum absolute atomic E-state index is 0.170. The summed E-state index contributed by atoms with van der Waals surface area (Å²) in [5.41, 5.74) is 0. The van der Waals surface area contributed by atoms with E-state index in [0.717, 1.165) is 31.6 Å². The predicted molar refractivity (Wildman–Crippen MR) is 63.6 cm³/mol. The summed E-state index contributed by atoms with van der Waals surface area (Å²) in [6, 6.07) is 10.1. The summed E-state index contributed by atoms with van der Waals surface area (Å²) in [5.74, 6) is 0.899. The Morgan fingerprint density at radius 2 is 2.06 bits per heavy atom. The summed E-state index contributed by atoms with van der Waals surface area (Å²) in [6.45, 7) is 1.43. The number of benzene rings is 1. The lowest BCUT2D eigenvalue weighted by Crippen LogP contribution is -2.37. The fraction of sp³-hybridized carbons (Fsp3) is 0.538. The van der Waals surface area contributed by atoms with Gasteiger partial charge in [0.05, 0.1) is 6.10 Å². The van der Waals surface area contributed by atoms with Gasteiger partial charge in [0.1, 0.15) is 12.4 Å². The molecular formula is C13H19NO2. The van der Waals surface area contributed by atoms with E-state index in [4.69, 9.17) is 4.74 Å². The average molecular weight is 221 g/mol. The van der Waals surface area contributed by atoms with Crippen LogP contribution in [0.4, 0.5) is 0 Å². The molecule has 0 heterocycles. The standard InChI is InChI=1S/C13H19NO2/c15-13-8-4-7-12(13)14-9-10-16-11-5-2-1-3-6-11/h1-3,5-6,12-15H,4,7-10H2. The second-order valence-corrected chi connectivity index (χ2v) is 4.22. The quantitative estimate of drug-likeness (QED) is 0.742. The smallest absolute Gasteiger partial charge is 0.119 e. The minimum Gasteiger partial charge on any atom is -0.492 e. The first-order valence-electron chi connectivity index (χ1n) is 5.95. The maximum Gasteiger partial charge on any atom is 0.119 e. The molecule has 0 saturated heterocycles. The van der Waals surface area contributed by atoms with E-state index in [1.807, 2.05) is 30.3 Å². The zero-order valence-electron chi connectivity index (χ0n) is 9.43. The van der Waals surface area contributed by atoms with Gasteiger partial charge in [-0.05, 0) is 31.4 Å². The lowest BCUT2D eigenvalue weighted by Gasteiger charge is -2.16. The Labute approximate surface area is 96.4 Å². The Bertz CT molecular complexity index is 302. The van der Waals surface area contributed by atoms with Crippen LogP contribution in [-0.2, 0) is 0 Å². The van der Waals surface area contributed by atoms with Gasteiger partial charge in [0, 0.05) is 12.6 Å². The van der Waals surface area contributed by atoms with E-state index < -0.39 is 0 Å². The Balaban J connectivity index is 1.62. The molecule has 16 heavy (non-hydrogen) atoms. The maximum atomic E-state index is 9.60. The van der Waals surface area contributed by atoms with Crippen LogP contribution in [0.1, 0.15) is 19.3 Å². The highest BCUT2D eigenvalue weighted by Crippen LogP contribution is 2.18. The SMILES string of the molecule is OC1CCCC1NCCOc1ccccc1. The topological polar surface area (TPSA) is 41.5 Å². The third-order valence-corrected chi connectivity index (χ3v) is 3.00. The molecule has 2 unspecified atom stereocenters. The van der Waals surface area contributed by atoms with Crippen LogP contribution in [0.5, 0.6) is 5.75 Å². The minimum atomic E-state index is -0.170. The fourth-order valence-corrected chi connectivity index (χ4v) is 2.11. The van der Waals surface area contributed by atoms with E-state index in [0.29, 0.717) is 6.61 Å². The Hall–Kier alpha value is -1.06. The van der Waals surface area contributed by atoms with Crippen molar-refractivity contribution in [2.75, 3.05) is 13.2 Å². The fourth-order valence-electron chi connectivity index (χ4n) is 2.11. The second-order valence-electron chi connectivity index (χ2n) is 4.22.